The lowest BCUT2D eigenvalue weighted by Gasteiger charge is -2.22. The number of hydrogen-bond donors (Lipinski definition) is 1. The van der Waals surface area contributed by atoms with E-state index in [1.165, 1.54) is 23.7 Å². The smallest absolute Gasteiger partial charge is 0.152 e. The minimum atomic E-state index is 0.357. The fourth-order valence-corrected chi connectivity index (χ4v) is 2.22. The van der Waals surface area contributed by atoms with E-state index < -0.39 is 0 Å². The Balaban J connectivity index is 0.000000492. The molecule has 0 spiro atoms. The molecular weight excluding hydrogens is 277 g/mol. The van der Waals surface area contributed by atoms with Crippen LogP contribution in [0.2, 0.25) is 10.0 Å². The van der Waals surface area contributed by atoms with E-state index in [4.69, 9.17) is 38.1 Å². The van der Waals surface area contributed by atoms with Crippen molar-refractivity contribution in [3.63, 3.8) is 0 Å². The molecule has 1 unspecified atom stereocenters. The lowest BCUT2D eigenvalue weighted by atomic mass is 10.0. The number of rotatable bonds is 2. The average Bonchev–Trinajstić information content (AvgIpc) is 2.36. The number of benzene rings is 1. The van der Waals surface area contributed by atoms with Crippen molar-refractivity contribution >= 4 is 23.2 Å². The zero-order valence-electron chi connectivity index (χ0n) is 9.81. The molecule has 0 radical (unpaired) electrons. The van der Waals surface area contributed by atoms with Gasteiger partial charge in [-0.2, -0.15) is 0 Å². The normalized spacial score (nSPS) is 18.7. The third kappa shape index (κ3) is 5.21. The van der Waals surface area contributed by atoms with Crippen LogP contribution in [0.5, 0.6) is 0 Å². The van der Waals surface area contributed by atoms with Gasteiger partial charge in [-0.25, -0.2) is 0 Å². The molecule has 1 aromatic carbocycles. The molecule has 1 saturated heterocycles. The summed E-state index contributed by atoms with van der Waals surface area (Å²) in [5, 5.41) is 9.13. The first-order valence-electron chi connectivity index (χ1n) is 5.69. The monoisotopic (exact) mass is 291 g/mol. The fraction of sp³-hybridized carbons (Fsp3) is 0.500. The zero-order chi connectivity index (χ0) is 13.4. The molecule has 0 aliphatic carbocycles. The topological polar surface area (TPSA) is 58.9 Å². The molecule has 0 saturated carbocycles. The van der Waals surface area contributed by atoms with Gasteiger partial charge in [-0.15, -0.1) is 4.91 Å². The highest BCUT2D eigenvalue weighted by Crippen LogP contribution is 2.24. The standard InChI is InChI=1S/C12H14Cl2O.HNO2/c13-11-5-4-9(8-12(11)14)7-10-3-1-2-6-15-10;2-1-3/h4-5,8,10H,1-3,6-7H2;(H,2,3). The highest BCUT2D eigenvalue weighted by molar-refractivity contribution is 6.42. The van der Waals surface area contributed by atoms with Gasteiger partial charge in [0.1, 0.15) is 0 Å². The van der Waals surface area contributed by atoms with Crippen LogP contribution in [0.3, 0.4) is 0 Å². The van der Waals surface area contributed by atoms with Crippen LogP contribution in [0.1, 0.15) is 24.8 Å². The van der Waals surface area contributed by atoms with Crippen molar-refractivity contribution in [1.29, 1.82) is 0 Å². The zero-order valence-corrected chi connectivity index (χ0v) is 11.3. The summed E-state index contributed by atoms with van der Waals surface area (Å²) >= 11 is 11.8. The maximum atomic E-state index is 8.11. The fourth-order valence-electron chi connectivity index (χ4n) is 1.90. The van der Waals surface area contributed by atoms with Crippen LogP contribution in [0.4, 0.5) is 0 Å². The van der Waals surface area contributed by atoms with Crippen molar-refractivity contribution in [2.45, 2.75) is 31.8 Å². The average molecular weight is 292 g/mol. The summed E-state index contributed by atoms with van der Waals surface area (Å²) in [6, 6.07) is 5.80. The maximum Gasteiger partial charge on any atom is 0.152 e. The van der Waals surface area contributed by atoms with Crippen LogP contribution in [-0.4, -0.2) is 17.9 Å². The molecule has 1 N–H and O–H groups in total. The SMILES string of the molecule is Clc1ccc(CC2CCCCO2)cc1Cl.O=NO. The second-order valence-electron chi connectivity index (χ2n) is 4.02. The molecule has 4 nitrogen and oxygen atoms in total. The Morgan fingerprint density at radius 2 is 2.06 bits per heavy atom. The first-order valence-corrected chi connectivity index (χ1v) is 6.45. The van der Waals surface area contributed by atoms with E-state index in [0.29, 0.717) is 16.1 Å². The van der Waals surface area contributed by atoms with E-state index in [0.717, 1.165) is 19.4 Å². The van der Waals surface area contributed by atoms with Gasteiger partial charge in [-0.05, 0) is 43.4 Å². The Hall–Kier alpha value is -0.840. The van der Waals surface area contributed by atoms with Gasteiger partial charge in [-0.3, -0.25) is 0 Å². The molecule has 1 heterocycles. The van der Waals surface area contributed by atoms with E-state index in [9.17, 15) is 0 Å². The predicted molar refractivity (Wildman–Crippen MR) is 71.3 cm³/mol. The molecule has 100 valence electrons. The Morgan fingerprint density at radius 3 is 2.61 bits per heavy atom. The van der Waals surface area contributed by atoms with Gasteiger partial charge in [0.05, 0.1) is 16.1 Å². The predicted octanol–water partition coefficient (Wildman–Crippen LogP) is 4.25. The summed E-state index contributed by atoms with van der Waals surface area (Å²) < 4.78 is 5.68. The van der Waals surface area contributed by atoms with E-state index in [1.807, 2.05) is 18.2 Å². The number of hydrogen-bond acceptors (Lipinski definition) is 3. The van der Waals surface area contributed by atoms with Gasteiger partial charge in [0.15, 0.2) is 5.34 Å². The van der Waals surface area contributed by atoms with Gasteiger partial charge in [-0.1, -0.05) is 29.3 Å². The van der Waals surface area contributed by atoms with Crippen LogP contribution < -0.4 is 0 Å². The van der Waals surface area contributed by atoms with Crippen molar-refractivity contribution in [3.05, 3.63) is 38.7 Å². The van der Waals surface area contributed by atoms with Crippen LogP contribution >= 0.6 is 23.2 Å². The molecule has 0 aromatic heterocycles. The molecular formula is C12H15Cl2NO3. The van der Waals surface area contributed by atoms with Gasteiger partial charge in [0.2, 0.25) is 0 Å². The maximum absolute atomic E-state index is 8.11. The third-order valence-electron chi connectivity index (χ3n) is 2.72. The second-order valence-corrected chi connectivity index (χ2v) is 4.84. The quantitative estimate of drug-likeness (QED) is 0.655. The summed E-state index contributed by atoms with van der Waals surface area (Å²) in [5.74, 6) is 0. The summed E-state index contributed by atoms with van der Waals surface area (Å²) in [5.41, 5.74) is 1.20. The van der Waals surface area contributed by atoms with E-state index in [1.54, 1.807) is 0 Å². The molecule has 1 fully saturated rings. The van der Waals surface area contributed by atoms with Crippen molar-refractivity contribution in [2.24, 2.45) is 5.34 Å². The molecule has 2 rings (SSSR count). The largest absolute Gasteiger partial charge is 0.379 e. The van der Waals surface area contributed by atoms with Gasteiger partial charge in [0, 0.05) is 6.61 Å². The van der Waals surface area contributed by atoms with E-state index in [-0.39, 0.29) is 0 Å². The van der Waals surface area contributed by atoms with Crippen LogP contribution in [0.15, 0.2) is 23.5 Å². The Bertz CT molecular complexity index is 382. The highest BCUT2D eigenvalue weighted by atomic mass is 35.5. The molecule has 1 aromatic rings. The van der Waals surface area contributed by atoms with Crippen molar-refractivity contribution in [2.75, 3.05) is 6.61 Å². The molecule has 1 atom stereocenters. The second kappa shape index (κ2) is 8.29. The summed E-state index contributed by atoms with van der Waals surface area (Å²) in [4.78, 5) is 8.11. The molecule has 18 heavy (non-hydrogen) atoms. The summed E-state index contributed by atoms with van der Waals surface area (Å²) in [7, 11) is 0. The minimum absolute atomic E-state index is 0.357. The number of nitrogens with zero attached hydrogens (tertiary/aromatic N) is 1. The minimum Gasteiger partial charge on any atom is -0.379 e. The first-order chi connectivity index (χ1) is 8.67. The number of ether oxygens (including phenoxy) is 1. The molecule has 1 aliphatic rings. The molecule has 6 heteroatoms. The highest BCUT2D eigenvalue weighted by Gasteiger charge is 2.14. The first kappa shape index (κ1) is 15.2. The number of halogens is 2. The van der Waals surface area contributed by atoms with Gasteiger partial charge >= 0.3 is 0 Å². The summed E-state index contributed by atoms with van der Waals surface area (Å²) in [6.45, 7) is 0.895. The van der Waals surface area contributed by atoms with Crippen molar-refractivity contribution in [1.82, 2.24) is 0 Å². The van der Waals surface area contributed by atoms with Crippen LogP contribution in [-0.2, 0) is 11.2 Å². The van der Waals surface area contributed by atoms with E-state index in [2.05, 4.69) is 0 Å². The third-order valence-corrected chi connectivity index (χ3v) is 3.46. The van der Waals surface area contributed by atoms with Crippen molar-refractivity contribution in [3.8, 4) is 0 Å². The Morgan fingerprint density at radius 1 is 1.33 bits per heavy atom. The molecule has 0 bridgehead atoms. The van der Waals surface area contributed by atoms with E-state index >= 15 is 0 Å². The Labute approximate surface area is 116 Å². The lowest BCUT2D eigenvalue weighted by molar-refractivity contribution is 0.0168. The van der Waals surface area contributed by atoms with Gasteiger partial charge < -0.3 is 9.94 Å². The Kier molecular flexibility index (Phi) is 7.01. The van der Waals surface area contributed by atoms with Gasteiger partial charge in [0.25, 0.3) is 0 Å². The van der Waals surface area contributed by atoms with Crippen molar-refractivity contribution < 1.29 is 9.94 Å². The lowest BCUT2D eigenvalue weighted by Crippen LogP contribution is -2.21. The van der Waals surface area contributed by atoms with Crippen LogP contribution in [0.25, 0.3) is 0 Å². The molecule has 1 aliphatic heterocycles. The van der Waals surface area contributed by atoms with Crippen LogP contribution in [0, 0.1) is 4.91 Å². The summed E-state index contributed by atoms with van der Waals surface area (Å²) in [6.07, 6.45) is 4.91. The molecule has 0 amide bonds.